The van der Waals surface area contributed by atoms with Gasteiger partial charge >= 0.3 is 0 Å². The Balaban J connectivity index is 1.76. The van der Waals surface area contributed by atoms with Crippen molar-refractivity contribution in [2.45, 2.75) is 0 Å². The first-order chi connectivity index (χ1) is 10.7. The van der Waals surface area contributed by atoms with Gasteiger partial charge in [-0.15, -0.1) is 0 Å². The third-order valence-electron chi connectivity index (χ3n) is 3.03. The number of phenolic OH excluding ortho intramolecular Hbond substituents is 1. The normalized spacial score (nSPS) is 10.9. The van der Waals surface area contributed by atoms with Gasteiger partial charge in [-0.1, -0.05) is 18.2 Å². The van der Waals surface area contributed by atoms with E-state index in [2.05, 4.69) is 20.5 Å². The second-order valence-electron chi connectivity index (χ2n) is 4.52. The molecule has 2 aromatic heterocycles. The first-order valence-corrected chi connectivity index (χ1v) is 6.56. The zero-order valence-corrected chi connectivity index (χ0v) is 11.5. The Hall–Kier alpha value is -3.28. The number of hydrogen-bond donors (Lipinski definition) is 2. The zero-order chi connectivity index (χ0) is 15.4. The number of carbonyl (C=O) groups excluding carboxylic acids is 1. The monoisotopic (exact) mass is 292 g/mol. The van der Waals surface area contributed by atoms with E-state index < -0.39 is 0 Å². The number of carbonyl (C=O) groups is 1. The molecular weight excluding hydrogens is 280 g/mol. The van der Waals surface area contributed by atoms with Gasteiger partial charge in [0.15, 0.2) is 0 Å². The summed E-state index contributed by atoms with van der Waals surface area (Å²) >= 11 is 0. The van der Waals surface area contributed by atoms with Crippen LogP contribution in [-0.2, 0) is 0 Å². The van der Waals surface area contributed by atoms with Gasteiger partial charge in [0.05, 0.1) is 11.9 Å². The molecule has 6 heteroatoms. The predicted molar refractivity (Wildman–Crippen MR) is 82.7 cm³/mol. The van der Waals surface area contributed by atoms with Crippen LogP contribution in [0.25, 0.3) is 10.9 Å². The van der Waals surface area contributed by atoms with Crippen LogP contribution < -0.4 is 5.43 Å². The summed E-state index contributed by atoms with van der Waals surface area (Å²) in [5, 5.41) is 14.5. The van der Waals surface area contributed by atoms with Gasteiger partial charge in [0.25, 0.3) is 5.91 Å². The molecule has 0 aliphatic heterocycles. The number of nitrogens with one attached hydrogen (secondary N) is 1. The van der Waals surface area contributed by atoms with E-state index in [0.29, 0.717) is 16.8 Å². The van der Waals surface area contributed by atoms with Crippen LogP contribution in [0.5, 0.6) is 5.75 Å². The number of aromatic hydroxyl groups is 1. The average Bonchev–Trinajstić information content (AvgIpc) is 2.56. The Morgan fingerprint density at radius 1 is 1.14 bits per heavy atom. The van der Waals surface area contributed by atoms with Crippen molar-refractivity contribution in [3.63, 3.8) is 0 Å². The number of hydrazone groups is 1. The number of aromatic nitrogens is 2. The molecule has 0 bridgehead atoms. The molecule has 108 valence electrons. The van der Waals surface area contributed by atoms with Crippen LogP contribution in [0.2, 0.25) is 0 Å². The van der Waals surface area contributed by atoms with Crippen molar-refractivity contribution in [2.75, 3.05) is 0 Å². The molecular formula is C16H12N4O2. The van der Waals surface area contributed by atoms with Crippen LogP contribution in [-0.4, -0.2) is 27.2 Å². The summed E-state index contributed by atoms with van der Waals surface area (Å²) in [6.45, 7) is 0. The fourth-order valence-corrected chi connectivity index (χ4v) is 1.94. The molecule has 0 radical (unpaired) electrons. The van der Waals surface area contributed by atoms with Gasteiger partial charge in [0, 0.05) is 23.3 Å². The van der Waals surface area contributed by atoms with Gasteiger partial charge in [-0.05, 0) is 24.3 Å². The maximum absolute atomic E-state index is 11.8. The molecule has 0 atom stereocenters. The Morgan fingerprint density at radius 3 is 2.77 bits per heavy atom. The van der Waals surface area contributed by atoms with Crippen LogP contribution >= 0.6 is 0 Å². The standard InChI is InChI=1S/C16H12N4O2/c21-14-3-1-2-11-4-5-13(19-15(11)14)10-18-20-16(22)12-6-8-17-9-7-12/h1-10,21H,(H,20,22)/b18-10+. The van der Waals surface area contributed by atoms with E-state index in [-0.39, 0.29) is 11.7 Å². The summed E-state index contributed by atoms with van der Waals surface area (Å²) in [4.78, 5) is 19.9. The maximum Gasteiger partial charge on any atom is 0.271 e. The molecule has 0 saturated heterocycles. The van der Waals surface area contributed by atoms with Crippen LogP contribution in [0.3, 0.4) is 0 Å². The largest absolute Gasteiger partial charge is 0.506 e. The second kappa shape index (κ2) is 6.01. The second-order valence-corrected chi connectivity index (χ2v) is 4.52. The fraction of sp³-hybridized carbons (Fsp3) is 0. The zero-order valence-electron chi connectivity index (χ0n) is 11.5. The number of hydrogen-bond acceptors (Lipinski definition) is 5. The Labute approximate surface area is 126 Å². The lowest BCUT2D eigenvalue weighted by Crippen LogP contribution is -2.17. The van der Waals surface area contributed by atoms with Gasteiger partial charge in [-0.3, -0.25) is 9.78 Å². The quantitative estimate of drug-likeness (QED) is 0.571. The van der Waals surface area contributed by atoms with Crippen LogP contribution in [0.15, 0.2) is 60.0 Å². The minimum Gasteiger partial charge on any atom is -0.506 e. The van der Waals surface area contributed by atoms with E-state index in [1.807, 2.05) is 12.1 Å². The third kappa shape index (κ3) is 2.90. The summed E-state index contributed by atoms with van der Waals surface area (Å²) < 4.78 is 0. The number of para-hydroxylation sites is 1. The number of benzene rings is 1. The van der Waals surface area contributed by atoms with Crippen molar-refractivity contribution in [1.82, 2.24) is 15.4 Å². The Kier molecular flexibility index (Phi) is 3.74. The Morgan fingerprint density at radius 2 is 1.95 bits per heavy atom. The van der Waals surface area contributed by atoms with Gasteiger partial charge in [0.1, 0.15) is 11.3 Å². The lowest BCUT2D eigenvalue weighted by Gasteiger charge is -2.01. The summed E-state index contributed by atoms with van der Waals surface area (Å²) in [5.41, 5.74) is 3.90. The number of phenols is 1. The molecule has 0 saturated carbocycles. The molecule has 0 unspecified atom stereocenters. The average molecular weight is 292 g/mol. The van der Waals surface area contributed by atoms with Crippen molar-refractivity contribution in [3.05, 3.63) is 66.1 Å². The summed E-state index contributed by atoms with van der Waals surface area (Å²) in [6, 6.07) is 11.9. The third-order valence-corrected chi connectivity index (χ3v) is 3.03. The van der Waals surface area contributed by atoms with Gasteiger partial charge in [-0.25, -0.2) is 10.4 Å². The molecule has 0 aliphatic carbocycles. The van der Waals surface area contributed by atoms with Crippen LogP contribution in [0.1, 0.15) is 16.1 Å². The molecule has 22 heavy (non-hydrogen) atoms. The Bertz CT molecular complexity index is 847. The van der Waals surface area contributed by atoms with Crippen molar-refractivity contribution in [2.24, 2.45) is 5.10 Å². The van der Waals surface area contributed by atoms with E-state index >= 15 is 0 Å². The number of nitrogens with zero attached hydrogens (tertiary/aromatic N) is 3. The van der Waals surface area contributed by atoms with E-state index in [4.69, 9.17) is 0 Å². The summed E-state index contributed by atoms with van der Waals surface area (Å²) in [5.74, 6) is -0.226. The summed E-state index contributed by atoms with van der Waals surface area (Å²) in [7, 11) is 0. The highest BCUT2D eigenvalue weighted by atomic mass is 16.3. The number of fused-ring (bicyclic) bond motifs is 1. The number of amides is 1. The predicted octanol–water partition coefficient (Wildman–Crippen LogP) is 2.10. The topological polar surface area (TPSA) is 87.5 Å². The van der Waals surface area contributed by atoms with Crippen molar-refractivity contribution >= 4 is 23.0 Å². The van der Waals surface area contributed by atoms with Gasteiger partial charge in [0.2, 0.25) is 0 Å². The van der Waals surface area contributed by atoms with E-state index in [0.717, 1.165) is 5.39 Å². The highest BCUT2D eigenvalue weighted by molar-refractivity contribution is 5.95. The molecule has 3 rings (SSSR count). The highest BCUT2D eigenvalue weighted by Crippen LogP contribution is 2.21. The molecule has 0 spiro atoms. The minimum atomic E-state index is -0.331. The molecule has 1 aromatic carbocycles. The fourth-order valence-electron chi connectivity index (χ4n) is 1.94. The molecule has 0 aliphatic rings. The van der Waals surface area contributed by atoms with Gasteiger partial charge in [-0.2, -0.15) is 5.10 Å². The lowest BCUT2D eigenvalue weighted by molar-refractivity contribution is 0.0955. The van der Waals surface area contributed by atoms with Gasteiger partial charge < -0.3 is 5.11 Å². The van der Waals surface area contributed by atoms with Crippen LogP contribution in [0, 0.1) is 0 Å². The van der Waals surface area contributed by atoms with E-state index in [1.54, 1.807) is 30.3 Å². The first kappa shape index (κ1) is 13.7. The number of pyridine rings is 2. The molecule has 3 aromatic rings. The molecule has 2 N–H and O–H groups in total. The maximum atomic E-state index is 11.8. The highest BCUT2D eigenvalue weighted by Gasteiger charge is 2.03. The van der Waals surface area contributed by atoms with Crippen LogP contribution in [0.4, 0.5) is 0 Å². The minimum absolute atomic E-state index is 0.105. The summed E-state index contributed by atoms with van der Waals surface area (Å²) in [6.07, 6.45) is 4.49. The SMILES string of the molecule is O=C(N/N=C/c1ccc2cccc(O)c2n1)c1ccncc1. The smallest absolute Gasteiger partial charge is 0.271 e. The van der Waals surface area contributed by atoms with Crippen molar-refractivity contribution in [3.8, 4) is 5.75 Å². The number of rotatable bonds is 3. The van der Waals surface area contributed by atoms with Crippen molar-refractivity contribution < 1.29 is 9.90 Å². The molecule has 0 fully saturated rings. The lowest BCUT2D eigenvalue weighted by atomic mass is 10.2. The molecule has 1 amide bonds. The van der Waals surface area contributed by atoms with E-state index in [9.17, 15) is 9.90 Å². The molecule has 2 heterocycles. The molecule has 6 nitrogen and oxygen atoms in total. The van der Waals surface area contributed by atoms with E-state index in [1.165, 1.54) is 18.6 Å². The van der Waals surface area contributed by atoms with Crippen molar-refractivity contribution in [1.29, 1.82) is 0 Å². The first-order valence-electron chi connectivity index (χ1n) is 6.56.